The van der Waals surface area contributed by atoms with Crippen LogP contribution in [0.2, 0.25) is 0 Å². The molecule has 3 N–H and O–H groups in total. The Bertz CT molecular complexity index is 174. The molecule has 0 amide bonds. The van der Waals surface area contributed by atoms with Crippen LogP contribution < -0.4 is 11.1 Å². The Balaban J connectivity index is 2.58. The number of rotatable bonds is 0. The number of hydrogen-bond acceptors (Lipinski definition) is 3. The second-order valence-corrected chi connectivity index (χ2v) is 2.29. The number of alkyl halides is 3. The summed E-state index contributed by atoms with van der Waals surface area (Å²) in [4.78, 5) is 3.58. The normalized spacial score (nSPS) is 25.7. The van der Waals surface area contributed by atoms with Gasteiger partial charge in [-0.2, -0.15) is 13.2 Å². The molecule has 0 spiro atoms. The van der Waals surface area contributed by atoms with E-state index < -0.39 is 12.2 Å². The molecule has 3 nitrogen and oxygen atoms in total. The first-order valence-electron chi connectivity index (χ1n) is 3.13. The lowest BCUT2D eigenvalue weighted by molar-refractivity contribution is -0.153. The Morgan fingerprint density at radius 2 is 2.18 bits per heavy atom. The third-order valence-corrected chi connectivity index (χ3v) is 1.42. The SMILES string of the molecule is NC1=NCC[C@@H](C(F)(F)F)N1. The summed E-state index contributed by atoms with van der Waals surface area (Å²) in [7, 11) is 0. The fourth-order valence-electron chi connectivity index (χ4n) is 0.856. The molecule has 0 aromatic heterocycles. The van der Waals surface area contributed by atoms with Crippen molar-refractivity contribution in [3.63, 3.8) is 0 Å². The average molecular weight is 167 g/mol. The van der Waals surface area contributed by atoms with Crippen molar-refractivity contribution in [3.05, 3.63) is 0 Å². The van der Waals surface area contributed by atoms with Crippen molar-refractivity contribution in [1.29, 1.82) is 0 Å². The Kier molecular flexibility index (Phi) is 1.92. The van der Waals surface area contributed by atoms with Gasteiger partial charge in [-0.1, -0.05) is 0 Å². The summed E-state index contributed by atoms with van der Waals surface area (Å²) < 4.78 is 35.8. The van der Waals surface area contributed by atoms with Crippen LogP contribution in [0.1, 0.15) is 6.42 Å². The molecule has 1 atom stereocenters. The highest BCUT2D eigenvalue weighted by Crippen LogP contribution is 2.23. The molecule has 0 unspecified atom stereocenters. The molecular weight excluding hydrogens is 159 g/mol. The lowest BCUT2D eigenvalue weighted by Gasteiger charge is -2.24. The first kappa shape index (κ1) is 8.16. The van der Waals surface area contributed by atoms with E-state index in [-0.39, 0.29) is 18.9 Å². The minimum Gasteiger partial charge on any atom is -0.370 e. The van der Waals surface area contributed by atoms with Gasteiger partial charge >= 0.3 is 6.18 Å². The highest BCUT2D eigenvalue weighted by Gasteiger charge is 2.40. The highest BCUT2D eigenvalue weighted by molar-refractivity contribution is 5.78. The summed E-state index contributed by atoms with van der Waals surface area (Å²) in [5.74, 6) is -0.126. The average Bonchev–Trinajstić information content (AvgIpc) is 1.86. The van der Waals surface area contributed by atoms with Gasteiger partial charge in [-0.15, -0.1) is 0 Å². The summed E-state index contributed by atoms with van der Waals surface area (Å²) in [6.07, 6.45) is -4.26. The summed E-state index contributed by atoms with van der Waals surface area (Å²) in [5.41, 5.74) is 5.06. The number of nitrogens with two attached hydrogens (primary N) is 1. The highest BCUT2D eigenvalue weighted by atomic mass is 19.4. The maximum absolute atomic E-state index is 11.9. The van der Waals surface area contributed by atoms with Crippen molar-refractivity contribution in [2.24, 2.45) is 10.7 Å². The first-order chi connectivity index (χ1) is 5.00. The van der Waals surface area contributed by atoms with E-state index in [9.17, 15) is 13.2 Å². The van der Waals surface area contributed by atoms with Crippen LogP contribution in [0.25, 0.3) is 0 Å². The predicted molar refractivity (Wildman–Crippen MR) is 34.1 cm³/mol. The Labute approximate surface area is 61.5 Å². The zero-order chi connectivity index (χ0) is 8.48. The van der Waals surface area contributed by atoms with Crippen LogP contribution in [0, 0.1) is 0 Å². The molecule has 64 valence electrons. The lowest BCUT2D eigenvalue weighted by atomic mass is 10.2. The fraction of sp³-hybridized carbons (Fsp3) is 0.800. The molecule has 0 aliphatic carbocycles. The number of aliphatic imine (C=N–C) groups is 1. The molecule has 6 heteroatoms. The monoisotopic (exact) mass is 167 g/mol. The summed E-state index contributed by atoms with van der Waals surface area (Å²) in [6.45, 7) is 0.142. The van der Waals surface area contributed by atoms with E-state index in [2.05, 4.69) is 10.3 Å². The van der Waals surface area contributed by atoms with Gasteiger partial charge in [-0.05, 0) is 6.42 Å². The molecular formula is C5H8F3N3. The quantitative estimate of drug-likeness (QED) is 0.542. The summed E-state index contributed by atoms with van der Waals surface area (Å²) in [5, 5.41) is 2.06. The number of guanidine groups is 1. The first-order valence-corrected chi connectivity index (χ1v) is 3.13. The van der Waals surface area contributed by atoms with E-state index in [0.29, 0.717) is 0 Å². The zero-order valence-electron chi connectivity index (χ0n) is 5.65. The molecule has 0 aromatic rings. The van der Waals surface area contributed by atoms with E-state index in [4.69, 9.17) is 5.73 Å². The lowest BCUT2D eigenvalue weighted by Crippen LogP contribution is -2.51. The third kappa shape index (κ3) is 1.99. The number of halogens is 3. The molecule has 0 bridgehead atoms. The van der Waals surface area contributed by atoms with Gasteiger partial charge in [0, 0.05) is 6.54 Å². The Morgan fingerprint density at radius 3 is 2.55 bits per heavy atom. The van der Waals surface area contributed by atoms with E-state index in [1.54, 1.807) is 0 Å². The van der Waals surface area contributed by atoms with E-state index in [0.717, 1.165) is 0 Å². The predicted octanol–water partition coefficient (Wildman–Crippen LogP) is 0.225. The molecule has 11 heavy (non-hydrogen) atoms. The molecule has 0 saturated heterocycles. The van der Waals surface area contributed by atoms with Crippen molar-refractivity contribution in [2.45, 2.75) is 18.6 Å². The topological polar surface area (TPSA) is 50.4 Å². The largest absolute Gasteiger partial charge is 0.408 e. The van der Waals surface area contributed by atoms with Gasteiger partial charge in [0.2, 0.25) is 0 Å². The van der Waals surface area contributed by atoms with Crippen molar-refractivity contribution in [1.82, 2.24) is 5.32 Å². The van der Waals surface area contributed by atoms with E-state index in [1.165, 1.54) is 0 Å². The van der Waals surface area contributed by atoms with Gasteiger partial charge in [-0.3, -0.25) is 4.99 Å². The molecule has 0 fully saturated rings. The van der Waals surface area contributed by atoms with Gasteiger partial charge in [0.05, 0.1) is 0 Å². The van der Waals surface area contributed by atoms with Gasteiger partial charge < -0.3 is 11.1 Å². The fourth-order valence-corrected chi connectivity index (χ4v) is 0.856. The zero-order valence-corrected chi connectivity index (χ0v) is 5.65. The molecule has 1 aliphatic rings. The van der Waals surface area contributed by atoms with Gasteiger partial charge in [0.15, 0.2) is 5.96 Å². The van der Waals surface area contributed by atoms with E-state index >= 15 is 0 Å². The minimum absolute atomic E-state index is 0.0375. The second kappa shape index (κ2) is 2.60. The molecule has 1 rings (SSSR count). The van der Waals surface area contributed by atoms with Crippen molar-refractivity contribution in [3.8, 4) is 0 Å². The molecule has 1 aliphatic heterocycles. The maximum Gasteiger partial charge on any atom is 0.408 e. The standard InChI is InChI=1S/C5H8F3N3/c6-5(7,8)3-1-2-10-4(9)11-3/h3H,1-2H2,(H3,9,10,11)/t3-/m0/s1. The molecule has 0 aromatic carbocycles. The van der Waals surface area contributed by atoms with Crippen LogP contribution in [-0.4, -0.2) is 24.7 Å². The van der Waals surface area contributed by atoms with Crippen LogP contribution in [-0.2, 0) is 0 Å². The van der Waals surface area contributed by atoms with Crippen LogP contribution in [0.3, 0.4) is 0 Å². The maximum atomic E-state index is 11.9. The van der Waals surface area contributed by atoms with Crippen LogP contribution in [0.15, 0.2) is 4.99 Å². The van der Waals surface area contributed by atoms with Gasteiger partial charge in [0.25, 0.3) is 0 Å². The Hall–Kier alpha value is -0.940. The Morgan fingerprint density at radius 1 is 1.55 bits per heavy atom. The molecule has 0 radical (unpaired) electrons. The van der Waals surface area contributed by atoms with Crippen molar-refractivity contribution in [2.75, 3.05) is 6.54 Å². The van der Waals surface area contributed by atoms with E-state index in [1.807, 2.05) is 0 Å². The van der Waals surface area contributed by atoms with Gasteiger partial charge in [0.1, 0.15) is 6.04 Å². The minimum atomic E-state index is -4.22. The molecule has 1 heterocycles. The second-order valence-electron chi connectivity index (χ2n) is 2.29. The van der Waals surface area contributed by atoms with Gasteiger partial charge in [-0.25, -0.2) is 0 Å². The number of nitrogens with zero attached hydrogens (tertiary/aromatic N) is 1. The van der Waals surface area contributed by atoms with Crippen molar-refractivity contribution < 1.29 is 13.2 Å². The smallest absolute Gasteiger partial charge is 0.370 e. The number of nitrogens with one attached hydrogen (secondary N) is 1. The van der Waals surface area contributed by atoms with Crippen LogP contribution in [0.4, 0.5) is 13.2 Å². The van der Waals surface area contributed by atoms with Crippen LogP contribution >= 0.6 is 0 Å². The number of hydrogen-bond donors (Lipinski definition) is 2. The summed E-state index contributed by atoms with van der Waals surface area (Å²) in [6, 6.07) is -1.53. The molecule has 0 saturated carbocycles. The summed E-state index contributed by atoms with van der Waals surface area (Å²) >= 11 is 0. The van der Waals surface area contributed by atoms with Crippen LogP contribution in [0.5, 0.6) is 0 Å². The third-order valence-electron chi connectivity index (χ3n) is 1.42. The van der Waals surface area contributed by atoms with Crippen molar-refractivity contribution >= 4 is 5.96 Å².